The van der Waals surface area contributed by atoms with Gasteiger partial charge >= 0.3 is 0 Å². The highest BCUT2D eigenvalue weighted by Crippen LogP contribution is 2.12. The molecule has 0 amide bonds. The Morgan fingerprint density at radius 2 is 2.18 bits per heavy atom. The normalized spacial score (nSPS) is 20.4. The molecule has 0 atom stereocenters. The number of allylic oxidation sites excluding steroid dienone is 5. The van der Waals surface area contributed by atoms with Crippen molar-refractivity contribution in [2.45, 2.75) is 6.92 Å². The molecule has 11 heavy (non-hydrogen) atoms. The van der Waals surface area contributed by atoms with Gasteiger partial charge in [-0.05, 0) is 24.6 Å². The van der Waals surface area contributed by atoms with Gasteiger partial charge in [-0.1, -0.05) is 12.2 Å². The van der Waals surface area contributed by atoms with Crippen molar-refractivity contribution < 1.29 is 9.53 Å². The Morgan fingerprint density at radius 3 is 2.73 bits per heavy atom. The van der Waals surface area contributed by atoms with Gasteiger partial charge in [0.1, 0.15) is 0 Å². The highest BCUT2D eigenvalue weighted by molar-refractivity contribution is 6.04. The molecule has 0 saturated heterocycles. The highest BCUT2D eigenvalue weighted by atomic mass is 16.5. The van der Waals surface area contributed by atoms with E-state index >= 15 is 0 Å². The molecule has 2 nitrogen and oxygen atoms in total. The van der Waals surface area contributed by atoms with Crippen LogP contribution in [0.15, 0.2) is 35.6 Å². The fourth-order valence-electron chi connectivity index (χ4n) is 0.864. The summed E-state index contributed by atoms with van der Waals surface area (Å²) in [5, 5.41) is 0. The first-order chi connectivity index (χ1) is 5.27. The van der Waals surface area contributed by atoms with Crippen molar-refractivity contribution >= 4 is 5.78 Å². The van der Waals surface area contributed by atoms with E-state index in [0.29, 0.717) is 5.76 Å². The van der Waals surface area contributed by atoms with Crippen LogP contribution in [0.25, 0.3) is 0 Å². The molecule has 0 radical (unpaired) electrons. The van der Waals surface area contributed by atoms with E-state index in [4.69, 9.17) is 4.74 Å². The van der Waals surface area contributed by atoms with Crippen LogP contribution in [-0.4, -0.2) is 12.9 Å². The molecular weight excluding hydrogens is 140 g/mol. The first kappa shape index (κ1) is 7.79. The van der Waals surface area contributed by atoms with Crippen LogP contribution in [-0.2, 0) is 9.53 Å². The third-order valence-corrected chi connectivity index (χ3v) is 1.52. The molecule has 2 heteroatoms. The van der Waals surface area contributed by atoms with Crippen molar-refractivity contribution in [3.63, 3.8) is 0 Å². The van der Waals surface area contributed by atoms with E-state index in [1.165, 1.54) is 13.2 Å². The second-order valence-corrected chi connectivity index (χ2v) is 2.20. The Balaban J connectivity index is 2.93. The second-order valence-electron chi connectivity index (χ2n) is 2.20. The molecule has 1 aliphatic carbocycles. The average Bonchev–Trinajstić information content (AvgIpc) is 2.05. The summed E-state index contributed by atoms with van der Waals surface area (Å²) < 4.78 is 4.85. The number of carbonyl (C=O) groups is 1. The van der Waals surface area contributed by atoms with Gasteiger partial charge in [0.05, 0.1) is 7.11 Å². The maximum Gasteiger partial charge on any atom is 0.220 e. The highest BCUT2D eigenvalue weighted by Gasteiger charge is 2.09. The van der Waals surface area contributed by atoms with Crippen LogP contribution < -0.4 is 0 Å². The number of carbonyl (C=O) groups excluding carboxylic acids is 1. The molecule has 0 unspecified atom stereocenters. The molecule has 0 N–H and O–H groups in total. The molecule has 1 rings (SSSR count). The summed E-state index contributed by atoms with van der Waals surface area (Å²) in [6, 6.07) is 0. The lowest BCUT2D eigenvalue weighted by atomic mass is 10.1. The van der Waals surface area contributed by atoms with E-state index < -0.39 is 0 Å². The number of rotatable bonds is 1. The number of hydrogen-bond donors (Lipinski definition) is 0. The van der Waals surface area contributed by atoms with Gasteiger partial charge < -0.3 is 4.74 Å². The third kappa shape index (κ3) is 1.58. The molecule has 0 fully saturated rings. The molecule has 0 aliphatic heterocycles. The fourth-order valence-corrected chi connectivity index (χ4v) is 0.864. The van der Waals surface area contributed by atoms with Gasteiger partial charge in [0.25, 0.3) is 0 Å². The third-order valence-electron chi connectivity index (χ3n) is 1.52. The van der Waals surface area contributed by atoms with Crippen molar-refractivity contribution in [1.82, 2.24) is 0 Å². The zero-order valence-corrected chi connectivity index (χ0v) is 6.63. The topological polar surface area (TPSA) is 26.3 Å². The van der Waals surface area contributed by atoms with Crippen molar-refractivity contribution in [3.8, 4) is 0 Å². The van der Waals surface area contributed by atoms with Crippen LogP contribution in [0.1, 0.15) is 6.92 Å². The minimum atomic E-state index is -0.0712. The lowest BCUT2D eigenvalue weighted by molar-refractivity contribution is -0.114. The monoisotopic (exact) mass is 150 g/mol. The van der Waals surface area contributed by atoms with E-state index in [0.717, 1.165) is 5.57 Å². The van der Waals surface area contributed by atoms with Crippen LogP contribution >= 0.6 is 0 Å². The zero-order chi connectivity index (χ0) is 8.27. The molecule has 58 valence electrons. The van der Waals surface area contributed by atoms with E-state index in [9.17, 15) is 4.79 Å². The van der Waals surface area contributed by atoms with Crippen molar-refractivity contribution in [2.75, 3.05) is 7.11 Å². The Labute approximate surface area is 65.9 Å². The lowest BCUT2D eigenvalue weighted by Gasteiger charge is -2.06. The predicted octanol–water partition coefficient (Wildman–Crippen LogP) is 1.60. The minimum absolute atomic E-state index is 0.0712. The summed E-state index contributed by atoms with van der Waals surface area (Å²) in [4.78, 5) is 11.0. The molecule has 0 heterocycles. The van der Waals surface area contributed by atoms with Gasteiger partial charge in [0.15, 0.2) is 5.76 Å². The Hall–Kier alpha value is -1.31. The second kappa shape index (κ2) is 3.19. The van der Waals surface area contributed by atoms with Crippen LogP contribution in [0.3, 0.4) is 0 Å². The molecule has 0 saturated carbocycles. The number of ether oxygens (including phenoxy) is 1. The summed E-state index contributed by atoms with van der Waals surface area (Å²) in [6.45, 7) is 1.92. The molecule has 1 aliphatic rings. The molecular formula is C9H10O2. The van der Waals surface area contributed by atoms with E-state index in [1.807, 2.05) is 13.0 Å². The fraction of sp³-hybridized carbons (Fsp3) is 0.222. The Kier molecular flexibility index (Phi) is 2.26. The predicted molar refractivity (Wildman–Crippen MR) is 43.0 cm³/mol. The molecule has 0 bridgehead atoms. The quantitative estimate of drug-likeness (QED) is 0.567. The maximum atomic E-state index is 11.0. The van der Waals surface area contributed by atoms with Crippen LogP contribution in [0.2, 0.25) is 0 Å². The van der Waals surface area contributed by atoms with E-state index in [1.54, 1.807) is 12.2 Å². The van der Waals surface area contributed by atoms with Crippen molar-refractivity contribution in [1.29, 1.82) is 0 Å². The SMILES string of the molecule is C/C=C1\C=CC(=O)C(OC)=C1. The number of methoxy groups -OCH3 is 1. The van der Waals surface area contributed by atoms with Crippen LogP contribution in [0, 0.1) is 0 Å². The van der Waals surface area contributed by atoms with Crippen LogP contribution in [0.4, 0.5) is 0 Å². The Morgan fingerprint density at radius 1 is 1.45 bits per heavy atom. The first-order valence-electron chi connectivity index (χ1n) is 3.42. The van der Waals surface area contributed by atoms with E-state index in [2.05, 4.69) is 0 Å². The van der Waals surface area contributed by atoms with Gasteiger partial charge in [-0.25, -0.2) is 0 Å². The molecule has 0 aromatic rings. The minimum Gasteiger partial charge on any atom is -0.493 e. The Bertz CT molecular complexity index is 257. The zero-order valence-electron chi connectivity index (χ0n) is 6.63. The largest absolute Gasteiger partial charge is 0.493 e. The van der Waals surface area contributed by atoms with Crippen molar-refractivity contribution in [3.05, 3.63) is 35.6 Å². The molecule has 0 aromatic carbocycles. The van der Waals surface area contributed by atoms with Crippen molar-refractivity contribution in [2.24, 2.45) is 0 Å². The molecule has 0 spiro atoms. The van der Waals surface area contributed by atoms with Gasteiger partial charge in [0, 0.05) is 0 Å². The summed E-state index contributed by atoms with van der Waals surface area (Å²) in [5.41, 5.74) is 1.00. The summed E-state index contributed by atoms with van der Waals surface area (Å²) >= 11 is 0. The lowest BCUT2D eigenvalue weighted by Crippen LogP contribution is -2.04. The van der Waals surface area contributed by atoms with Gasteiger partial charge in [-0.15, -0.1) is 0 Å². The van der Waals surface area contributed by atoms with Gasteiger partial charge in [0.2, 0.25) is 5.78 Å². The van der Waals surface area contributed by atoms with E-state index in [-0.39, 0.29) is 5.78 Å². The number of hydrogen-bond acceptors (Lipinski definition) is 2. The standard InChI is InChI=1S/C9H10O2/c1-3-7-4-5-8(10)9(6-7)11-2/h3-6H,1-2H3/b7-3+. The summed E-state index contributed by atoms with van der Waals surface area (Å²) in [5.74, 6) is 0.332. The smallest absolute Gasteiger partial charge is 0.220 e. The van der Waals surface area contributed by atoms with Gasteiger partial charge in [-0.3, -0.25) is 4.79 Å². The summed E-state index contributed by atoms with van der Waals surface area (Å²) in [7, 11) is 1.50. The average molecular weight is 150 g/mol. The summed E-state index contributed by atoms with van der Waals surface area (Å²) in [6.07, 6.45) is 6.92. The maximum absolute atomic E-state index is 11.0. The number of ketones is 1. The van der Waals surface area contributed by atoms with Crippen LogP contribution in [0.5, 0.6) is 0 Å². The first-order valence-corrected chi connectivity index (χ1v) is 3.42. The molecule has 0 aromatic heterocycles. The van der Waals surface area contributed by atoms with Gasteiger partial charge in [-0.2, -0.15) is 0 Å².